The first-order valence-corrected chi connectivity index (χ1v) is 4.87. The van der Waals surface area contributed by atoms with Crippen LogP contribution in [0.4, 0.5) is 4.79 Å². The second-order valence-corrected chi connectivity index (χ2v) is 4.68. The van der Waals surface area contributed by atoms with Gasteiger partial charge >= 0.3 is 12.1 Å². The quantitative estimate of drug-likeness (QED) is 0.361. The molecule has 5 nitrogen and oxygen atoms in total. The van der Waals surface area contributed by atoms with Gasteiger partial charge in [0.1, 0.15) is 0 Å². The number of ether oxygens (including phenoxy) is 3. The average Bonchev–Trinajstić information content (AvgIpc) is 2.52. The lowest BCUT2D eigenvalue weighted by atomic mass is 9.85. The molecule has 3 heterocycles. The first-order valence-electron chi connectivity index (χ1n) is 4.08. The summed E-state index contributed by atoms with van der Waals surface area (Å²) in [4.78, 5) is 22.4. The Morgan fingerprint density at radius 3 is 2.79 bits per heavy atom. The van der Waals surface area contributed by atoms with Crippen molar-refractivity contribution in [3.05, 3.63) is 12.2 Å². The van der Waals surface area contributed by atoms with Crippen LogP contribution in [0.25, 0.3) is 0 Å². The minimum absolute atomic E-state index is 0.440. The highest BCUT2D eigenvalue weighted by Crippen LogP contribution is 2.44. The maximum absolute atomic E-state index is 11.5. The number of esters is 1. The Labute approximate surface area is 87.1 Å². The van der Waals surface area contributed by atoms with Crippen molar-refractivity contribution in [2.24, 2.45) is 0 Å². The highest BCUT2D eigenvalue weighted by molar-refractivity contribution is 9.10. The molecule has 4 atom stereocenters. The third-order valence-corrected chi connectivity index (χ3v) is 3.62. The number of hydrogen-bond donors (Lipinski definition) is 0. The number of alkyl halides is 1. The molecule has 3 aliphatic heterocycles. The molecule has 14 heavy (non-hydrogen) atoms. The van der Waals surface area contributed by atoms with Gasteiger partial charge in [-0.05, 0) is 6.08 Å². The van der Waals surface area contributed by atoms with Crippen LogP contribution in [0.5, 0.6) is 0 Å². The van der Waals surface area contributed by atoms with Gasteiger partial charge in [-0.2, -0.15) is 0 Å². The number of carbonyl (C=O) groups is 2. The normalized spacial score (nSPS) is 48.2. The largest absolute Gasteiger partial charge is 0.509 e. The summed E-state index contributed by atoms with van der Waals surface area (Å²) in [5.41, 5.74) is 0. The minimum atomic E-state index is -1.07. The summed E-state index contributed by atoms with van der Waals surface area (Å²) in [5.74, 6) is -0.440. The predicted octanol–water partition coefficient (Wildman–Crippen LogP) is 0.519. The molecule has 0 spiro atoms. The van der Waals surface area contributed by atoms with Crippen LogP contribution in [-0.4, -0.2) is 34.8 Å². The van der Waals surface area contributed by atoms with Crippen molar-refractivity contribution in [2.75, 3.05) is 0 Å². The first-order chi connectivity index (χ1) is 6.61. The number of hydrogen-bond acceptors (Lipinski definition) is 5. The molecule has 6 heteroatoms. The van der Waals surface area contributed by atoms with Crippen molar-refractivity contribution in [2.45, 2.75) is 22.6 Å². The van der Waals surface area contributed by atoms with Crippen LogP contribution in [0.1, 0.15) is 0 Å². The van der Waals surface area contributed by atoms with E-state index in [0.29, 0.717) is 0 Å². The van der Waals surface area contributed by atoms with Gasteiger partial charge in [-0.15, -0.1) is 0 Å². The van der Waals surface area contributed by atoms with Gasteiger partial charge in [0.05, 0.1) is 0 Å². The van der Waals surface area contributed by atoms with E-state index in [9.17, 15) is 9.59 Å². The molecule has 0 N–H and O–H groups in total. The SMILES string of the molecule is O=C1O[C@H]2[C@H]3C=C[C@](Br)(C(=O)O3)[C@H]2O1. The van der Waals surface area contributed by atoms with Crippen molar-refractivity contribution in [3.8, 4) is 0 Å². The van der Waals surface area contributed by atoms with Crippen LogP contribution in [0.15, 0.2) is 12.2 Å². The molecule has 0 saturated carbocycles. The Balaban J connectivity index is 2.09. The summed E-state index contributed by atoms with van der Waals surface area (Å²) in [6, 6.07) is 0. The van der Waals surface area contributed by atoms with E-state index in [1.165, 1.54) is 0 Å². The second kappa shape index (κ2) is 2.31. The summed E-state index contributed by atoms with van der Waals surface area (Å²) in [6.07, 6.45) is 0.927. The van der Waals surface area contributed by atoms with E-state index < -0.39 is 34.8 Å². The molecular formula is C8H5BrO5. The Hall–Kier alpha value is -1.04. The van der Waals surface area contributed by atoms with Crippen LogP contribution in [0.3, 0.4) is 0 Å². The topological polar surface area (TPSA) is 61.8 Å². The molecule has 0 aromatic rings. The minimum Gasteiger partial charge on any atom is -0.453 e. The molecule has 74 valence electrons. The van der Waals surface area contributed by atoms with Gasteiger partial charge in [0.2, 0.25) is 0 Å². The monoisotopic (exact) mass is 260 g/mol. The number of halogens is 1. The van der Waals surface area contributed by atoms with E-state index in [-0.39, 0.29) is 0 Å². The molecule has 0 radical (unpaired) electrons. The van der Waals surface area contributed by atoms with E-state index in [2.05, 4.69) is 15.9 Å². The second-order valence-electron chi connectivity index (χ2n) is 3.37. The molecule has 0 amide bonds. The number of fused-ring (bicyclic) bond motifs is 1. The van der Waals surface area contributed by atoms with Crippen LogP contribution < -0.4 is 0 Å². The summed E-state index contributed by atoms with van der Waals surface area (Å²) in [7, 11) is 0. The summed E-state index contributed by atoms with van der Waals surface area (Å²) < 4.78 is 13.8. The van der Waals surface area contributed by atoms with Gasteiger partial charge < -0.3 is 14.2 Å². The standard InChI is InChI=1S/C8H5BrO5/c9-8-2-1-3(12-6(8)10)4-5(8)14-7(11)13-4/h1-5H/t3-,4+,5+,8-/m1/s1. The Bertz CT molecular complexity index is 365. The third-order valence-electron chi connectivity index (χ3n) is 2.58. The lowest BCUT2D eigenvalue weighted by Gasteiger charge is -2.41. The van der Waals surface area contributed by atoms with Crippen molar-refractivity contribution >= 4 is 28.1 Å². The molecule has 0 aromatic heterocycles. The van der Waals surface area contributed by atoms with Gasteiger partial charge in [0.25, 0.3) is 0 Å². The Morgan fingerprint density at radius 2 is 2.07 bits per heavy atom. The highest BCUT2D eigenvalue weighted by atomic mass is 79.9. The number of rotatable bonds is 0. The highest BCUT2D eigenvalue weighted by Gasteiger charge is 2.63. The first kappa shape index (κ1) is 8.28. The fraction of sp³-hybridized carbons (Fsp3) is 0.500. The zero-order chi connectivity index (χ0) is 9.92. The van der Waals surface area contributed by atoms with E-state index >= 15 is 0 Å². The van der Waals surface area contributed by atoms with Gasteiger partial charge in [0.15, 0.2) is 22.6 Å². The van der Waals surface area contributed by atoms with E-state index in [0.717, 1.165) is 0 Å². The Morgan fingerprint density at radius 1 is 1.29 bits per heavy atom. The molecular weight excluding hydrogens is 256 g/mol. The molecule has 2 bridgehead atoms. The van der Waals surface area contributed by atoms with Gasteiger partial charge in [-0.1, -0.05) is 22.0 Å². The van der Waals surface area contributed by atoms with E-state index in [1.54, 1.807) is 12.2 Å². The fourth-order valence-electron chi connectivity index (χ4n) is 1.88. The predicted molar refractivity (Wildman–Crippen MR) is 45.8 cm³/mol. The zero-order valence-electron chi connectivity index (χ0n) is 6.81. The molecule has 0 unspecified atom stereocenters. The van der Waals surface area contributed by atoms with Crippen molar-refractivity contribution in [3.63, 3.8) is 0 Å². The molecule has 4 rings (SSSR count). The van der Waals surface area contributed by atoms with Crippen LogP contribution in [0.2, 0.25) is 0 Å². The van der Waals surface area contributed by atoms with Crippen molar-refractivity contribution < 1.29 is 23.8 Å². The van der Waals surface area contributed by atoms with Crippen molar-refractivity contribution in [1.29, 1.82) is 0 Å². The lowest BCUT2D eigenvalue weighted by molar-refractivity contribution is -0.166. The molecule has 2 saturated heterocycles. The molecule has 4 aliphatic rings. The van der Waals surface area contributed by atoms with Crippen LogP contribution in [0, 0.1) is 0 Å². The third kappa shape index (κ3) is 0.796. The Kier molecular flexibility index (Phi) is 1.36. The fourth-order valence-corrected chi connectivity index (χ4v) is 2.48. The summed E-state index contributed by atoms with van der Waals surface area (Å²) >= 11 is 3.21. The average molecular weight is 261 g/mol. The molecule has 2 fully saturated rings. The summed E-state index contributed by atoms with van der Waals surface area (Å²) in [5, 5.41) is 0. The lowest BCUT2D eigenvalue weighted by Crippen LogP contribution is -2.61. The van der Waals surface area contributed by atoms with Crippen molar-refractivity contribution in [1.82, 2.24) is 0 Å². The maximum atomic E-state index is 11.5. The smallest absolute Gasteiger partial charge is 0.453 e. The maximum Gasteiger partial charge on any atom is 0.509 e. The van der Waals surface area contributed by atoms with E-state index in [1.807, 2.05) is 0 Å². The number of carbonyl (C=O) groups excluding carboxylic acids is 2. The summed E-state index contributed by atoms with van der Waals surface area (Å²) in [6.45, 7) is 0. The van der Waals surface area contributed by atoms with Gasteiger partial charge in [-0.25, -0.2) is 4.79 Å². The van der Waals surface area contributed by atoms with Crippen LogP contribution >= 0.6 is 15.9 Å². The molecule has 1 aliphatic carbocycles. The van der Waals surface area contributed by atoms with Crippen LogP contribution in [-0.2, 0) is 19.0 Å². The zero-order valence-corrected chi connectivity index (χ0v) is 8.39. The van der Waals surface area contributed by atoms with Gasteiger partial charge in [0, 0.05) is 0 Å². The van der Waals surface area contributed by atoms with Gasteiger partial charge in [-0.3, -0.25) is 4.79 Å². The van der Waals surface area contributed by atoms with E-state index in [4.69, 9.17) is 14.2 Å². The molecule has 0 aromatic carbocycles.